The van der Waals surface area contributed by atoms with Gasteiger partial charge >= 0.3 is 0 Å². The fourth-order valence-corrected chi connectivity index (χ4v) is 5.11. The molecule has 165 valence electrons. The third-order valence-corrected chi connectivity index (χ3v) is 6.07. The predicted molar refractivity (Wildman–Crippen MR) is 126 cm³/mol. The Morgan fingerprint density at radius 3 is 2.00 bits per heavy atom. The molecule has 0 saturated heterocycles. The second-order valence-electron chi connectivity index (χ2n) is 8.10. The number of aliphatic hydroxyl groups excluding tert-OH is 1. The van der Waals surface area contributed by atoms with Crippen LogP contribution in [0.5, 0.6) is 0 Å². The normalized spacial score (nSPS) is 13.6. The summed E-state index contributed by atoms with van der Waals surface area (Å²) in [6.45, 7) is 2.85. The number of hydrogen-bond acceptors (Lipinski definition) is 3. The van der Waals surface area contributed by atoms with E-state index < -0.39 is 0 Å². The number of nitrogens with zero attached hydrogens (tertiary/aromatic N) is 1. The van der Waals surface area contributed by atoms with Crippen LogP contribution in [0.4, 0.5) is 0 Å². The van der Waals surface area contributed by atoms with Gasteiger partial charge in [0, 0.05) is 37.8 Å². The Bertz CT molecular complexity index is 1200. The molecule has 33 heavy (non-hydrogen) atoms. The molecule has 0 fully saturated rings. The molecule has 0 unspecified atom stereocenters. The molecule has 3 aromatic carbocycles. The summed E-state index contributed by atoms with van der Waals surface area (Å²) in [5.74, 6) is -0.0625. The van der Waals surface area contributed by atoms with E-state index >= 15 is 0 Å². The quantitative estimate of drug-likeness (QED) is 0.136. The van der Waals surface area contributed by atoms with Crippen molar-refractivity contribution in [2.75, 3.05) is 0 Å². The van der Waals surface area contributed by atoms with Crippen molar-refractivity contribution in [3.63, 3.8) is 0 Å². The van der Waals surface area contributed by atoms with Gasteiger partial charge in [-0.3, -0.25) is 4.79 Å². The maximum absolute atomic E-state index is 10.0. The van der Waals surface area contributed by atoms with Crippen LogP contribution in [0.25, 0.3) is 22.4 Å². The number of benzene rings is 3. The summed E-state index contributed by atoms with van der Waals surface area (Å²) in [6, 6.07) is 31.6. The molecular weight excluding hydrogens is 587 g/mol. The molecule has 0 saturated carbocycles. The summed E-state index contributed by atoms with van der Waals surface area (Å²) in [5, 5.41) is 8.36. The second-order valence-corrected chi connectivity index (χ2v) is 8.10. The minimum absolute atomic E-state index is 0. The Morgan fingerprint density at radius 1 is 0.848 bits per heavy atom. The number of pyridine rings is 1. The largest absolute Gasteiger partial charge is 0.512 e. The third kappa shape index (κ3) is 3.47. The van der Waals surface area contributed by atoms with Gasteiger partial charge < -0.3 is 10.1 Å². The number of aliphatic hydroxyl groups is 1. The van der Waals surface area contributed by atoms with Gasteiger partial charge in [0.15, 0.2) is 5.78 Å². The van der Waals surface area contributed by atoms with Crippen LogP contribution >= 0.6 is 0 Å². The van der Waals surface area contributed by atoms with Gasteiger partial charge in [0.05, 0.1) is 5.76 Å². The molecule has 4 aromatic rings. The molecule has 2 aliphatic rings. The van der Waals surface area contributed by atoms with Crippen LogP contribution in [0, 0.1) is 6.07 Å². The van der Waals surface area contributed by atoms with E-state index in [0.29, 0.717) is 0 Å². The SMILES string of the molecule is CC(=O)/C=C(/C)O.[Ir].[c-]1cccc2c1-c1ncccc1C21c2ccccc2-c2ccccc21. The van der Waals surface area contributed by atoms with Crippen molar-refractivity contribution in [1.29, 1.82) is 0 Å². The van der Waals surface area contributed by atoms with Crippen LogP contribution in [0.15, 0.2) is 96.9 Å². The number of carbonyl (C=O) groups excluding carboxylic acids is 1. The third-order valence-electron chi connectivity index (χ3n) is 6.07. The van der Waals surface area contributed by atoms with Crippen LogP contribution in [0.2, 0.25) is 0 Å². The topological polar surface area (TPSA) is 50.2 Å². The minimum atomic E-state index is -0.274. The zero-order chi connectivity index (χ0) is 22.3. The molecule has 6 rings (SSSR count). The number of aromatic nitrogens is 1. The molecule has 0 atom stereocenters. The molecule has 1 heterocycles. The molecule has 2 aliphatic carbocycles. The number of ketones is 1. The zero-order valence-electron chi connectivity index (χ0n) is 18.3. The first kappa shape index (κ1) is 22.8. The van der Waals surface area contributed by atoms with E-state index in [2.05, 4.69) is 78.9 Å². The van der Waals surface area contributed by atoms with E-state index in [1.165, 1.54) is 53.3 Å². The van der Waals surface area contributed by atoms with Gasteiger partial charge in [0.25, 0.3) is 0 Å². The Hall–Kier alpha value is -3.33. The second kappa shape index (κ2) is 8.90. The fourth-order valence-electron chi connectivity index (χ4n) is 5.11. The molecule has 1 aromatic heterocycles. The van der Waals surface area contributed by atoms with Crippen molar-refractivity contribution in [2.24, 2.45) is 0 Å². The average Bonchev–Trinajstić information content (AvgIpc) is 3.26. The Morgan fingerprint density at radius 2 is 1.42 bits per heavy atom. The number of rotatable bonds is 1. The van der Waals surface area contributed by atoms with Gasteiger partial charge in [0.2, 0.25) is 0 Å². The van der Waals surface area contributed by atoms with Crippen molar-refractivity contribution in [2.45, 2.75) is 19.3 Å². The molecule has 0 amide bonds. The molecule has 0 aliphatic heterocycles. The molecule has 1 spiro atoms. The van der Waals surface area contributed by atoms with Gasteiger partial charge in [-0.25, -0.2) is 0 Å². The van der Waals surface area contributed by atoms with E-state index in [-0.39, 0.29) is 37.1 Å². The van der Waals surface area contributed by atoms with Crippen LogP contribution in [0.3, 0.4) is 0 Å². The monoisotopic (exact) mass is 609 g/mol. The fraction of sp³-hybridized carbons (Fsp3) is 0.103. The Kier molecular flexibility index (Phi) is 6.16. The van der Waals surface area contributed by atoms with Crippen molar-refractivity contribution < 1.29 is 30.0 Å². The zero-order valence-corrected chi connectivity index (χ0v) is 20.7. The smallest absolute Gasteiger partial charge is 0.155 e. The molecule has 1 radical (unpaired) electrons. The van der Waals surface area contributed by atoms with E-state index in [1.54, 1.807) is 0 Å². The number of hydrogen-bond donors (Lipinski definition) is 1. The molecular formula is C29H22IrNO2-. The molecule has 4 heteroatoms. The van der Waals surface area contributed by atoms with E-state index in [4.69, 9.17) is 10.1 Å². The van der Waals surface area contributed by atoms with Gasteiger partial charge in [0.1, 0.15) is 0 Å². The number of fused-ring (bicyclic) bond motifs is 10. The first-order chi connectivity index (χ1) is 15.5. The maximum atomic E-state index is 10.0. The van der Waals surface area contributed by atoms with Crippen molar-refractivity contribution in [3.05, 3.63) is 125 Å². The average molecular weight is 609 g/mol. The van der Waals surface area contributed by atoms with Gasteiger partial charge in [-0.2, -0.15) is 0 Å². The summed E-state index contributed by atoms with van der Waals surface area (Å²) in [7, 11) is 0. The predicted octanol–water partition coefficient (Wildman–Crippen LogP) is 6.26. The Labute approximate surface area is 207 Å². The van der Waals surface area contributed by atoms with Gasteiger partial charge in [-0.15, -0.1) is 35.4 Å². The van der Waals surface area contributed by atoms with Gasteiger partial charge in [-0.05, 0) is 47.9 Å². The molecule has 1 N–H and O–H groups in total. The standard InChI is InChI=1S/C24H14N.C5H8O2.Ir/c1-4-11-19-16(8-1)17-9-2-5-12-20(17)24(19)21-13-6-3-10-18(21)23-22(24)14-7-15-25-23;1-4(6)3-5(2)7;/h1-9,11-15H;3,6H,1-2H3;/q-1;;/b;4-3-;. The summed E-state index contributed by atoms with van der Waals surface area (Å²) >= 11 is 0. The van der Waals surface area contributed by atoms with Crippen molar-refractivity contribution >= 4 is 5.78 Å². The summed E-state index contributed by atoms with van der Waals surface area (Å²) in [5.41, 5.74) is 9.83. The van der Waals surface area contributed by atoms with E-state index in [0.717, 1.165) is 11.3 Å². The minimum Gasteiger partial charge on any atom is -0.512 e. The molecule has 3 nitrogen and oxygen atoms in total. The first-order valence-corrected chi connectivity index (χ1v) is 10.6. The van der Waals surface area contributed by atoms with Crippen LogP contribution in [0.1, 0.15) is 36.1 Å². The van der Waals surface area contributed by atoms with Crippen LogP contribution in [-0.4, -0.2) is 15.9 Å². The summed E-state index contributed by atoms with van der Waals surface area (Å²) in [4.78, 5) is 14.8. The maximum Gasteiger partial charge on any atom is 0.155 e. The van der Waals surface area contributed by atoms with E-state index in [9.17, 15) is 4.79 Å². The molecule has 0 bridgehead atoms. The first-order valence-electron chi connectivity index (χ1n) is 10.6. The summed E-state index contributed by atoms with van der Waals surface area (Å²) < 4.78 is 0. The number of allylic oxidation sites excluding steroid dienone is 2. The van der Waals surface area contributed by atoms with E-state index in [1.807, 2.05) is 12.3 Å². The van der Waals surface area contributed by atoms with Crippen LogP contribution < -0.4 is 0 Å². The van der Waals surface area contributed by atoms with Crippen LogP contribution in [-0.2, 0) is 30.3 Å². The van der Waals surface area contributed by atoms with Gasteiger partial charge in [-0.1, -0.05) is 60.2 Å². The number of carbonyl (C=O) groups is 1. The summed E-state index contributed by atoms with van der Waals surface area (Å²) in [6.07, 6.45) is 3.05. The van der Waals surface area contributed by atoms with Crippen molar-refractivity contribution in [1.82, 2.24) is 4.98 Å². The van der Waals surface area contributed by atoms with Crippen molar-refractivity contribution in [3.8, 4) is 22.4 Å². The Balaban J connectivity index is 0.000000287.